The number of amides is 2. The summed E-state index contributed by atoms with van der Waals surface area (Å²) in [4.78, 5) is 37.1. The molecule has 0 unspecified atom stereocenters. The molecule has 125 valence electrons. The maximum absolute atomic E-state index is 12.6. The maximum Gasteiger partial charge on any atom is 0.408 e. The SMILES string of the molecule is CC(C)(C)OC(=O)N[C@@H](CCCN)C(=O)[N+]1CCC[C@H]1C=O. The number of hydrogen-bond donors (Lipinski definition) is 2. The molecule has 1 saturated heterocycles. The quantitative estimate of drug-likeness (QED) is 0.553. The van der Waals surface area contributed by atoms with E-state index in [9.17, 15) is 14.4 Å². The minimum Gasteiger partial charge on any atom is -0.444 e. The number of aldehydes is 1. The second kappa shape index (κ2) is 8.24. The van der Waals surface area contributed by atoms with Gasteiger partial charge in [-0.05, 0) is 40.2 Å². The molecule has 22 heavy (non-hydrogen) atoms. The Kier molecular flexibility index (Phi) is 6.96. The molecule has 1 aliphatic rings. The second-order valence-electron chi connectivity index (χ2n) is 6.51. The number of alkyl carbamates (subject to hydrolysis) is 1. The lowest BCUT2D eigenvalue weighted by atomic mass is 10.1. The molecular weight excluding hydrogens is 286 g/mol. The van der Waals surface area contributed by atoms with Gasteiger partial charge in [0.2, 0.25) is 0 Å². The van der Waals surface area contributed by atoms with Crippen LogP contribution in [-0.4, -0.2) is 49.1 Å². The highest BCUT2D eigenvalue weighted by Crippen LogP contribution is 2.15. The van der Waals surface area contributed by atoms with Gasteiger partial charge < -0.3 is 15.8 Å². The van der Waals surface area contributed by atoms with E-state index in [1.165, 1.54) is 4.90 Å². The Morgan fingerprint density at radius 1 is 1.45 bits per heavy atom. The molecule has 0 spiro atoms. The van der Waals surface area contributed by atoms with E-state index in [0.717, 1.165) is 12.7 Å². The molecule has 0 aromatic rings. The Labute approximate surface area is 131 Å². The van der Waals surface area contributed by atoms with E-state index in [-0.39, 0.29) is 5.91 Å². The van der Waals surface area contributed by atoms with Gasteiger partial charge in [-0.2, -0.15) is 0 Å². The molecule has 0 aromatic carbocycles. The molecule has 7 heteroatoms. The molecule has 1 heterocycles. The number of hydrogen-bond acceptors (Lipinski definition) is 5. The third-order valence-electron chi connectivity index (χ3n) is 3.43. The second-order valence-corrected chi connectivity index (χ2v) is 6.51. The molecule has 1 aliphatic heterocycles. The van der Waals surface area contributed by atoms with Crippen LogP contribution in [0.15, 0.2) is 0 Å². The predicted octanol–water partition coefficient (Wildman–Crippen LogP) is 0.647. The van der Waals surface area contributed by atoms with Gasteiger partial charge in [0, 0.05) is 12.8 Å². The fourth-order valence-corrected chi connectivity index (χ4v) is 2.44. The van der Waals surface area contributed by atoms with Gasteiger partial charge in [0.1, 0.15) is 12.1 Å². The zero-order valence-electron chi connectivity index (χ0n) is 13.6. The highest BCUT2D eigenvalue weighted by molar-refractivity contribution is 5.90. The average molecular weight is 313 g/mol. The molecule has 1 radical (unpaired) electrons. The smallest absolute Gasteiger partial charge is 0.408 e. The van der Waals surface area contributed by atoms with Gasteiger partial charge in [-0.1, -0.05) is 4.90 Å². The number of carbonyl (C=O) groups excluding carboxylic acids is 3. The maximum atomic E-state index is 12.6. The number of nitrogens with zero attached hydrogens (tertiary/aromatic N) is 1. The number of carbonyl (C=O) groups is 3. The van der Waals surface area contributed by atoms with Crippen molar-refractivity contribution in [3.05, 3.63) is 0 Å². The van der Waals surface area contributed by atoms with Crippen LogP contribution in [0.5, 0.6) is 0 Å². The number of rotatable bonds is 6. The van der Waals surface area contributed by atoms with Gasteiger partial charge in [-0.25, -0.2) is 9.59 Å². The Morgan fingerprint density at radius 3 is 2.68 bits per heavy atom. The minimum atomic E-state index is -0.709. The van der Waals surface area contributed by atoms with Gasteiger partial charge in [0.05, 0.1) is 0 Å². The number of likely N-dealkylation sites (tertiary alicyclic amines) is 1. The van der Waals surface area contributed by atoms with E-state index in [1.54, 1.807) is 20.8 Å². The van der Waals surface area contributed by atoms with Crippen LogP contribution in [0.2, 0.25) is 0 Å². The van der Waals surface area contributed by atoms with Crippen LogP contribution in [0.4, 0.5) is 4.79 Å². The zero-order valence-corrected chi connectivity index (χ0v) is 13.6. The normalized spacial score (nSPS) is 20.5. The Balaban J connectivity index is 2.72. The van der Waals surface area contributed by atoms with E-state index < -0.39 is 23.8 Å². The van der Waals surface area contributed by atoms with E-state index in [2.05, 4.69) is 5.32 Å². The van der Waals surface area contributed by atoms with E-state index >= 15 is 0 Å². The highest BCUT2D eigenvalue weighted by Gasteiger charge is 2.44. The standard InChI is InChI=1S/C15H27N3O4/c1-15(2,3)22-14(21)17-12(7-4-8-16)13(20)18-9-5-6-11(18)10-19/h10-12H,4-9,16H2,1-3H3,(H,17,21)/q+1/t11-,12-/m0/s1. The lowest BCUT2D eigenvalue weighted by Crippen LogP contribution is -2.54. The van der Waals surface area contributed by atoms with Gasteiger partial charge in [0.25, 0.3) is 0 Å². The Hall–Kier alpha value is -1.47. The summed E-state index contributed by atoms with van der Waals surface area (Å²) >= 11 is 0. The topological polar surface area (TPSA) is 104 Å². The fourth-order valence-electron chi connectivity index (χ4n) is 2.44. The molecule has 0 aliphatic carbocycles. The summed E-state index contributed by atoms with van der Waals surface area (Å²) < 4.78 is 5.19. The zero-order chi connectivity index (χ0) is 16.8. The van der Waals surface area contributed by atoms with E-state index in [4.69, 9.17) is 10.5 Å². The summed E-state index contributed by atoms with van der Waals surface area (Å²) in [6.45, 7) is 6.23. The predicted molar refractivity (Wildman–Crippen MR) is 82.5 cm³/mol. The molecule has 0 saturated carbocycles. The fraction of sp³-hybridized carbons (Fsp3) is 0.800. The summed E-state index contributed by atoms with van der Waals surface area (Å²) in [5.74, 6) is -0.242. The third kappa shape index (κ3) is 5.73. The van der Waals surface area contributed by atoms with Crippen molar-refractivity contribution in [3.63, 3.8) is 0 Å². The van der Waals surface area contributed by atoms with E-state index in [0.29, 0.717) is 32.4 Å². The Bertz CT molecular complexity index is 406. The van der Waals surface area contributed by atoms with Crippen molar-refractivity contribution in [2.75, 3.05) is 13.1 Å². The molecule has 1 fully saturated rings. The lowest BCUT2D eigenvalue weighted by Gasteiger charge is -2.22. The molecule has 2 amide bonds. The average Bonchev–Trinajstić information content (AvgIpc) is 2.88. The Morgan fingerprint density at radius 2 is 2.14 bits per heavy atom. The van der Waals surface area contributed by atoms with Gasteiger partial charge in [-0.15, -0.1) is 0 Å². The van der Waals surface area contributed by atoms with Crippen LogP contribution in [0.1, 0.15) is 46.5 Å². The van der Waals surface area contributed by atoms with Gasteiger partial charge in [0.15, 0.2) is 18.4 Å². The van der Waals surface area contributed by atoms with Crippen molar-refractivity contribution < 1.29 is 19.1 Å². The monoisotopic (exact) mass is 313 g/mol. The molecule has 0 bridgehead atoms. The third-order valence-corrected chi connectivity index (χ3v) is 3.43. The van der Waals surface area contributed by atoms with Crippen LogP contribution >= 0.6 is 0 Å². The van der Waals surface area contributed by atoms with Crippen molar-refractivity contribution in [2.24, 2.45) is 5.73 Å². The van der Waals surface area contributed by atoms with Crippen LogP contribution in [0.25, 0.3) is 0 Å². The minimum absolute atomic E-state index is 0.242. The summed E-state index contributed by atoms with van der Waals surface area (Å²) in [5.41, 5.74) is 4.86. The molecule has 2 atom stereocenters. The van der Waals surface area contributed by atoms with Gasteiger partial charge >= 0.3 is 12.0 Å². The summed E-state index contributed by atoms with van der Waals surface area (Å²) in [6.07, 6.45) is 2.65. The number of ether oxygens (including phenoxy) is 1. The van der Waals surface area contributed by atoms with Crippen molar-refractivity contribution in [3.8, 4) is 0 Å². The molecule has 7 nitrogen and oxygen atoms in total. The lowest BCUT2D eigenvalue weighted by molar-refractivity contribution is -0.130. The molecule has 3 N–H and O–H groups in total. The van der Waals surface area contributed by atoms with Crippen molar-refractivity contribution in [1.29, 1.82) is 0 Å². The first kappa shape index (κ1) is 18.6. The van der Waals surface area contributed by atoms with Crippen LogP contribution in [0, 0.1) is 0 Å². The molecule has 1 rings (SSSR count). The van der Waals surface area contributed by atoms with Crippen LogP contribution < -0.4 is 16.0 Å². The molecular formula is C15H27N3O4+. The molecule has 0 aromatic heterocycles. The number of nitrogens with two attached hydrogens (primary N) is 1. The number of nitrogens with one attached hydrogen (secondary N) is 1. The highest BCUT2D eigenvalue weighted by atomic mass is 16.6. The first-order valence-corrected chi connectivity index (χ1v) is 7.74. The van der Waals surface area contributed by atoms with Crippen molar-refractivity contribution >= 4 is 18.3 Å². The van der Waals surface area contributed by atoms with Crippen molar-refractivity contribution in [2.45, 2.75) is 64.1 Å². The summed E-state index contributed by atoms with van der Waals surface area (Å²) in [5, 5.41) is 2.61. The van der Waals surface area contributed by atoms with E-state index in [1.807, 2.05) is 0 Å². The largest absolute Gasteiger partial charge is 0.444 e. The van der Waals surface area contributed by atoms with Crippen molar-refractivity contribution in [1.82, 2.24) is 10.2 Å². The first-order valence-electron chi connectivity index (χ1n) is 7.74. The van der Waals surface area contributed by atoms with Gasteiger partial charge in [-0.3, -0.25) is 4.79 Å². The summed E-state index contributed by atoms with van der Waals surface area (Å²) in [6, 6.07) is -1.10. The summed E-state index contributed by atoms with van der Waals surface area (Å²) in [7, 11) is 0. The van der Waals surface area contributed by atoms with Crippen LogP contribution in [-0.2, 0) is 14.3 Å². The first-order chi connectivity index (χ1) is 10.3. The van der Waals surface area contributed by atoms with Crippen LogP contribution in [0.3, 0.4) is 0 Å².